The number of hydrogen-bond acceptors (Lipinski definition) is 4. The first kappa shape index (κ1) is 14.2. The third-order valence-electron chi connectivity index (χ3n) is 3.36. The minimum absolute atomic E-state index is 0.210. The molecule has 2 rings (SSSR count). The summed E-state index contributed by atoms with van der Waals surface area (Å²) >= 11 is 0. The van der Waals surface area contributed by atoms with E-state index in [1.165, 1.54) is 12.0 Å². The van der Waals surface area contributed by atoms with Crippen molar-refractivity contribution in [1.82, 2.24) is 0 Å². The van der Waals surface area contributed by atoms with Crippen molar-refractivity contribution < 1.29 is 14.2 Å². The van der Waals surface area contributed by atoms with Gasteiger partial charge < -0.3 is 19.9 Å². The fraction of sp³-hybridized carbons (Fsp3) is 0.600. The van der Waals surface area contributed by atoms with Gasteiger partial charge >= 0.3 is 0 Å². The molecule has 2 N–H and O–H groups in total. The fourth-order valence-electron chi connectivity index (χ4n) is 2.27. The largest absolute Gasteiger partial charge is 0.493 e. The Balaban J connectivity index is 1.94. The number of benzene rings is 1. The Morgan fingerprint density at radius 2 is 2.21 bits per heavy atom. The molecule has 0 radical (unpaired) electrons. The van der Waals surface area contributed by atoms with Crippen molar-refractivity contribution in [1.29, 1.82) is 0 Å². The van der Waals surface area contributed by atoms with Crippen LogP contribution in [0.25, 0.3) is 0 Å². The molecular weight excluding hydrogens is 242 g/mol. The summed E-state index contributed by atoms with van der Waals surface area (Å²) in [5.41, 5.74) is 6.72. The molecule has 4 nitrogen and oxygen atoms in total. The van der Waals surface area contributed by atoms with Crippen LogP contribution in [0.15, 0.2) is 18.2 Å². The Kier molecular flexibility index (Phi) is 5.48. The van der Waals surface area contributed by atoms with Crippen LogP contribution in [0.1, 0.15) is 24.8 Å². The fourth-order valence-corrected chi connectivity index (χ4v) is 2.27. The van der Waals surface area contributed by atoms with E-state index in [1.807, 2.05) is 18.2 Å². The van der Waals surface area contributed by atoms with E-state index in [2.05, 4.69) is 0 Å². The molecule has 0 saturated carbocycles. The minimum Gasteiger partial charge on any atom is -0.493 e. The topological polar surface area (TPSA) is 53.7 Å². The lowest BCUT2D eigenvalue weighted by Gasteiger charge is -2.23. The summed E-state index contributed by atoms with van der Waals surface area (Å²) in [6, 6.07) is 5.98. The van der Waals surface area contributed by atoms with Crippen LogP contribution in [-0.2, 0) is 11.2 Å². The normalized spacial score (nSPS) is 19.2. The van der Waals surface area contributed by atoms with Gasteiger partial charge in [-0.05, 0) is 49.9 Å². The van der Waals surface area contributed by atoms with Gasteiger partial charge in [0.15, 0.2) is 11.5 Å². The first-order valence-corrected chi connectivity index (χ1v) is 6.95. The maximum absolute atomic E-state index is 5.82. The van der Waals surface area contributed by atoms with Crippen LogP contribution in [0, 0.1) is 0 Å². The predicted molar refractivity (Wildman–Crippen MR) is 74.8 cm³/mol. The standard InChI is InChI=1S/C15H23NO3/c1-17-15-10-12(7-8-16)5-6-14(15)19-11-13-4-2-3-9-18-13/h5-6,10,13H,2-4,7-9,11,16H2,1H3. The molecule has 1 heterocycles. The van der Waals surface area contributed by atoms with Crippen molar-refractivity contribution in [3.63, 3.8) is 0 Å². The first-order chi connectivity index (χ1) is 9.33. The Morgan fingerprint density at radius 1 is 1.32 bits per heavy atom. The van der Waals surface area contributed by atoms with Gasteiger partial charge in [0.1, 0.15) is 6.61 Å². The van der Waals surface area contributed by atoms with Gasteiger partial charge in [0.2, 0.25) is 0 Å². The lowest BCUT2D eigenvalue weighted by Crippen LogP contribution is -2.25. The molecule has 1 aliphatic rings. The van der Waals surface area contributed by atoms with E-state index in [0.717, 1.165) is 37.4 Å². The summed E-state index contributed by atoms with van der Waals surface area (Å²) in [6.45, 7) is 2.08. The van der Waals surface area contributed by atoms with E-state index >= 15 is 0 Å². The van der Waals surface area contributed by atoms with Gasteiger partial charge in [-0.3, -0.25) is 0 Å². The Hall–Kier alpha value is -1.26. The van der Waals surface area contributed by atoms with Gasteiger partial charge in [-0.15, -0.1) is 0 Å². The second-order valence-electron chi connectivity index (χ2n) is 4.82. The number of ether oxygens (including phenoxy) is 3. The summed E-state index contributed by atoms with van der Waals surface area (Å²) in [6.07, 6.45) is 4.52. The van der Waals surface area contributed by atoms with E-state index < -0.39 is 0 Å². The van der Waals surface area contributed by atoms with Gasteiger partial charge in [0, 0.05) is 6.61 Å². The van der Waals surface area contributed by atoms with Crippen LogP contribution in [-0.4, -0.2) is 33.0 Å². The van der Waals surface area contributed by atoms with E-state index in [4.69, 9.17) is 19.9 Å². The van der Waals surface area contributed by atoms with Gasteiger partial charge in [-0.1, -0.05) is 6.07 Å². The molecular formula is C15H23NO3. The first-order valence-electron chi connectivity index (χ1n) is 6.95. The summed E-state index contributed by atoms with van der Waals surface area (Å²) in [4.78, 5) is 0. The molecule has 1 unspecified atom stereocenters. The highest BCUT2D eigenvalue weighted by Crippen LogP contribution is 2.29. The number of nitrogens with two attached hydrogens (primary N) is 1. The van der Waals surface area contributed by atoms with E-state index in [-0.39, 0.29) is 6.10 Å². The predicted octanol–water partition coefficient (Wildman–Crippen LogP) is 2.14. The zero-order valence-corrected chi connectivity index (χ0v) is 11.6. The van der Waals surface area contributed by atoms with Gasteiger partial charge in [-0.2, -0.15) is 0 Å². The molecule has 1 aliphatic heterocycles. The van der Waals surface area contributed by atoms with Crippen molar-refractivity contribution in [3.8, 4) is 11.5 Å². The van der Waals surface area contributed by atoms with Crippen molar-refractivity contribution in [2.75, 3.05) is 26.9 Å². The molecule has 19 heavy (non-hydrogen) atoms. The molecule has 4 heteroatoms. The minimum atomic E-state index is 0.210. The number of hydrogen-bond donors (Lipinski definition) is 1. The van der Waals surface area contributed by atoms with Crippen LogP contribution in [0.5, 0.6) is 11.5 Å². The molecule has 0 spiro atoms. The molecule has 0 amide bonds. The molecule has 106 valence electrons. The molecule has 0 aliphatic carbocycles. The molecule has 1 fully saturated rings. The molecule has 1 aromatic rings. The highest BCUT2D eigenvalue weighted by molar-refractivity contribution is 5.43. The maximum Gasteiger partial charge on any atom is 0.161 e. The zero-order chi connectivity index (χ0) is 13.5. The maximum atomic E-state index is 5.82. The average molecular weight is 265 g/mol. The SMILES string of the molecule is COc1cc(CCN)ccc1OCC1CCCCO1. The van der Waals surface area contributed by atoms with Gasteiger partial charge in [0.25, 0.3) is 0 Å². The highest BCUT2D eigenvalue weighted by atomic mass is 16.5. The summed E-state index contributed by atoms with van der Waals surface area (Å²) < 4.78 is 16.8. The summed E-state index contributed by atoms with van der Waals surface area (Å²) in [5, 5.41) is 0. The Labute approximate surface area is 114 Å². The molecule has 0 aromatic heterocycles. The van der Waals surface area contributed by atoms with Crippen LogP contribution in [0.2, 0.25) is 0 Å². The summed E-state index contributed by atoms with van der Waals surface area (Å²) in [7, 11) is 1.66. The van der Waals surface area contributed by atoms with E-state index in [0.29, 0.717) is 13.2 Å². The van der Waals surface area contributed by atoms with E-state index in [9.17, 15) is 0 Å². The monoisotopic (exact) mass is 265 g/mol. The average Bonchev–Trinajstić information content (AvgIpc) is 2.47. The van der Waals surface area contributed by atoms with Crippen LogP contribution >= 0.6 is 0 Å². The van der Waals surface area contributed by atoms with Gasteiger partial charge in [-0.25, -0.2) is 0 Å². The van der Waals surface area contributed by atoms with Crippen molar-refractivity contribution in [2.45, 2.75) is 31.8 Å². The molecule has 1 atom stereocenters. The smallest absolute Gasteiger partial charge is 0.161 e. The number of methoxy groups -OCH3 is 1. The molecule has 1 saturated heterocycles. The number of rotatable bonds is 6. The van der Waals surface area contributed by atoms with Crippen molar-refractivity contribution in [2.24, 2.45) is 5.73 Å². The van der Waals surface area contributed by atoms with Crippen LogP contribution in [0.4, 0.5) is 0 Å². The molecule has 0 bridgehead atoms. The van der Waals surface area contributed by atoms with Crippen molar-refractivity contribution >= 4 is 0 Å². The van der Waals surface area contributed by atoms with Gasteiger partial charge in [0.05, 0.1) is 13.2 Å². The Morgan fingerprint density at radius 3 is 2.89 bits per heavy atom. The second kappa shape index (κ2) is 7.36. The second-order valence-corrected chi connectivity index (χ2v) is 4.82. The van der Waals surface area contributed by atoms with Crippen LogP contribution in [0.3, 0.4) is 0 Å². The quantitative estimate of drug-likeness (QED) is 0.856. The summed E-state index contributed by atoms with van der Waals surface area (Å²) in [5.74, 6) is 1.54. The third kappa shape index (κ3) is 4.11. The Bertz CT molecular complexity index is 389. The lowest BCUT2D eigenvalue weighted by molar-refractivity contribution is -0.0114. The molecule has 1 aromatic carbocycles. The zero-order valence-electron chi connectivity index (χ0n) is 11.6. The lowest BCUT2D eigenvalue weighted by atomic mass is 10.1. The van der Waals surface area contributed by atoms with Crippen molar-refractivity contribution in [3.05, 3.63) is 23.8 Å². The third-order valence-corrected chi connectivity index (χ3v) is 3.36. The highest BCUT2D eigenvalue weighted by Gasteiger charge is 2.15. The van der Waals surface area contributed by atoms with E-state index in [1.54, 1.807) is 7.11 Å². The van der Waals surface area contributed by atoms with Crippen LogP contribution < -0.4 is 15.2 Å².